The number of para-hydroxylation sites is 1. The van der Waals surface area contributed by atoms with Gasteiger partial charge in [-0.15, -0.1) is 0 Å². The Kier molecular flexibility index (Phi) is 3.65. The molecule has 1 amide bonds. The van der Waals surface area contributed by atoms with Gasteiger partial charge in [0, 0.05) is 18.9 Å². The van der Waals surface area contributed by atoms with Crippen LogP contribution in [0, 0.1) is 0 Å². The molecule has 2 aromatic rings. The fourth-order valence-electron chi connectivity index (χ4n) is 3.31. The molecular formula is C17H19N3O3. The van der Waals surface area contributed by atoms with Gasteiger partial charge in [-0.1, -0.05) is 6.07 Å². The van der Waals surface area contributed by atoms with Crippen LogP contribution in [0.15, 0.2) is 36.7 Å². The van der Waals surface area contributed by atoms with Gasteiger partial charge in [-0.2, -0.15) is 5.10 Å². The maximum Gasteiger partial charge on any atom is 0.258 e. The molecule has 1 saturated heterocycles. The molecule has 0 radical (unpaired) electrons. The first-order valence-corrected chi connectivity index (χ1v) is 8.00. The predicted octanol–water partition coefficient (Wildman–Crippen LogP) is 1.96. The lowest BCUT2D eigenvalue weighted by molar-refractivity contribution is 0.0711. The molecule has 6 nitrogen and oxygen atoms in total. The number of benzene rings is 1. The van der Waals surface area contributed by atoms with Crippen LogP contribution in [0.3, 0.4) is 0 Å². The number of ether oxygens (including phenoxy) is 2. The Bertz CT molecular complexity index is 699. The van der Waals surface area contributed by atoms with Crippen LogP contribution < -0.4 is 9.47 Å². The number of likely N-dealkylation sites (tertiary alicyclic amines) is 1. The lowest BCUT2D eigenvalue weighted by Gasteiger charge is -2.27. The average Bonchev–Trinajstić information content (AvgIpc) is 3.26. The van der Waals surface area contributed by atoms with Crippen LogP contribution in [0.25, 0.3) is 0 Å². The number of amides is 1. The van der Waals surface area contributed by atoms with Gasteiger partial charge >= 0.3 is 0 Å². The van der Waals surface area contributed by atoms with E-state index in [0.717, 1.165) is 25.9 Å². The summed E-state index contributed by atoms with van der Waals surface area (Å²) >= 11 is 0. The average molecular weight is 313 g/mol. The second-order valence-electron chi connectivity index (χ2n) is 5.85. The van der Waals surface area contributed by atoms with Crippen molar-refractivity contribution >= 4 is 5.91 Å². The second kappa shape index (κ2) is 5.95. The second-order valence-corrected chi connectivity index (χ2v) is 5.85. The van der Waals surface area contributed by atoms with Gasteiger partial charge in [-0.3, -0.25) is 9.48 Å². The van der Waals surface area contributed by atoms with Crippen molar-refractivity contribution in [3.8, 4) is 11.5 Å². The van der Waals surface area contributed by atoms with Crippen LogP contribution in [-0.4, -0.2) is 46.4 Å². The molecular weight excluding hydrogens is 294 g/mol. The first-order chi connectivity index (χ1) is 11.3. The molecule has 1 aromatic heterocycles. The summed E-state index contributed by atoms with van der Waals surface area (Å²) in [7, 11) is 0. The van der Waals surface area contributed by atoms with E-state index in [2.05, 4.69) is 5.10 Å². The predicted molar refractivity (Wildman–Crippen MR) is 83.7 cm³/mol. The number of carbonyl (C=O) groups is 1. The molecule has 0 aliphatic carbocycles. The summed E-state index contributed by atoms with van der Waals surface area (Å²) in [4.78, 5) is 15.0. The van der Waals surface area contributed by atoms with Gasteiger partial charge in [0.2, 0.25) is 0 Å². The Morgan fingerprint density at radius 2 is 2.17 bits per heavy atom. The summed E-state index contributed by atoms with van der Waals surface area (Å²) in [5.41, 5.74) is 0.592. The van der Waals surface area contributed by atoms with Crippen molar-refractivity contribution in [2.75, 3.05) is 19.8 Å². The first kappa shape index (κ1) is 14.1. The van der Waals surface area contributed by atoms with Crippen LogP contribution >= 0.6 is 0 Å². The number of hydrogen-bond donors (Lipinski definition) is 0. The summed E-state index contributed by atoms with van der Waals surface area (Å²) in [6.45, 7) is 2.50. The number of rotatable bonds is 3. The van der Waals surface area contributed by atoms with Crippen LogP contribution in [0.1, 0.15) is 23.2 Å². The third-order valence-electron chi connectivity index (χ3n) is 4.39. The summed E-state index contributed by atoms with van der Waals surface area (Å²) < 4.78 is 13.2. The molecule has 0 bridgehead atoms. The number of hydrogen-bond acceptors (Lipinski definition) is 4. The molecule has 4 rings (SSSR count). The van der Waals surface area contributed by atoms with Crippen molar-refractivity contribution in [1.29, 1.82) is 0 Å². The Hall–Kier alpha value is -2.50. The van der Waals surface area contributed by atoms with Crippen LogP contribution in [0.4, 0.5) is 0 Å². The zero-order valence-electron chi connectivity index (χ0n) is 12.9. The molecule has 0 unspecified atom stereocenters. The third kappa shape index (κ3) is 2.65. The van der Waals surface area contributed by atoms with Crippen LogP contribution in [0.2, 0.25) is 0 Å². The lowest BCUT2D eigenvalue weighted by atomic mass is 10.1. The van der Waals surface area contributed by atoms with E-state index < -0.39 is 0 Å². The molecule has 23 heavy (non-hydrogen) atoms. The lowest BCUT2D eigenvalue weighted by Crippen LogP contribution is -2.38. The molecule has 3 heterocycles. The van der Waals surface area contributed by atoms with Gasteiger partial charge in [0.25, 0.3) is 5.91 Å². The Morgan fingerprint density at radius 3 is 3.04 bits per heavy atom. The number of nitrogens with zero attached hydrogens (tertiary/aromatic N) is 3. The van der Waals surface area contributed by atoms with E-state index >= 15 is 0 Å². The van der Waals surface area contributed by atoms with E-state index in [1.165, 1.54) is 0 Å². The van der Waals surface area contributed by atoms with Gasteiger partial charge in [-0.05, 0) is 31.0 Å². The van der Waals surface area contributed by atoms with Crippen molar-refractivity contribution in [2.24, 2.45) is 0 Å². The zero-order chi connectivity index (χ0) is 15.6. The molecule has 2 aliphatic heterocycles. The highest BCUT2D eigenvalue weighted by molar-refractivity contribution is 5.98. The van der Waals surface area contributed by atoms with Gasteiger partial charge in [0.15, 0.2) is 11.5 Å². The summed E-state index contributed by atoms with van der Waals surface area (Å²) in [6.07, 6.45) is 5.71. The van der Waals surface area contributed by atoms with E-state index in [1.54, 1.807) is 6.20 Å². The number of fused-ring (bicyclic) bond motifs is 1. The van der Waals surface area contributed by atoms with Gasteiger partial charge in [0.1, 0.15) is 13.2 Å². The SMILES string of the molecule is O=C(c1cccc2c1OCCO2)N1CCC[C@@H]1Cn1cccn1. The summed E-state index contributed by atoms with van der Waals surface area (Å²) in [5, 5.41) is 4.25. The standard InChI is InChI=1S/C17H19N3O3/c21-17(14-5-1-6-15-16(14)23-11-10-22-15)20-9-2-4-13(20)12-19-8-3-7-18-19/h1,3,5-8,13H,2,4,9-12H2/t13-/m1/s1. The molecule has 2 aliphatic rings. The van der Waals surface area contributed by atoms with E-state index in [9.17, 15) is 4.79 Å². The topological polar surface area (TPSA) is 56.6 Å². The Balaban J connectivity index is 1.58. The fourth-order valence-corrected chi connectivity index (χ4v) is 3.31. The largest absolute Gasteiger partial charge is 0.486 e. The molecule has 1 aromatic carbocycles. The molecule has 0 N–H and O–H groups in total. The van der Waals surface area contributed by atoms with E-state index in [1.807, 2.05) is 40.0 Å². The van der Waals surface area contributed by atoms with Crippen molar-refractivity contribution in [2.45, 2.75) is 25.4 Å². The minimum atomic E-state index is 0.0157. The molecule has 120 valence electrons. The van der Waals surface area contributed by atoms with Gasteiger partial charge < -0.3 is 14.4 Å². The fraction of sp³-hybridized carbons (Fsp3) is 0.412. The Labute approximate surface area is 134 Å². The van der Waals surface area contributed by atoms with Gasteiger partial charge in [-0.25, -0.2) is 0 Å². The molecule has 1 atom stereocenters. The van der Waals surface area contributed by atoms with E-state index in [0.29, 0.717) is 30.3 Å². The smallest absolute Gasteiger partial charge is 0.258 e. The highest BCUT2D eigenvalue weighted by Crippen LogP contribution is 2.35. The maximum absolute atomic E-state index is 13.0. The van der Waals surface area contributed by atoms with E-state index in [-0.39, 0.29) is 11.9 Å². The minimum Gasteiger partial charge on any atom is -0.486 e. The van der Waals surface area contributed by atoms with Gasteiger partial charge in [0.05, 0.1) is 18.2 Å². The van der Waals surface area contributed by atoms with Crippen molar-refractivity contribution in [1.82, 2.24) is 14.7 Å². The summed E-state index contributed by atoms with van der Waals surface area (Å²) in [5.74, 6) is 1.25. The first-order valence-electron chi connectivity index (χ1n) is 8.00. The highest BCUT2D eigenvalue weighted by Gasteiger charge is 2.32. The van der Waals surface area contributed by atoms with Crippen molar-refractivity contribution in [3.63, 3.8) is 0 Å². The Morgan fingerprint density at radius 1 is 1.26 bits per heavy atom. The molecule has 6 heteroatoms. The minimum absolute atomic E-state index is 0.0157. The quantitative estimate of drug-likeness (QED) is 0.869. The molecule has 1 fully saturated rings. The summed E-state index contributed by atoms with van der Waals surface area (Å²) in [6, 6.07) is 7.58. The van der Waals surface area contributed by atoms with E-state index in [4.69, 9.17) is 9.47 Å². The van der Waals surface area contributed by atoms with Crippen molar-refractivity contribution in [3.05, 3.63) is 42.2 Å². The number of carbonyl (C=O) groups excluding carboxylic acids is 1. The molecule has 0 spiro atoms. The van der Waals surface area contributed by atoms with Crippen LogP contribution in [-0.2, 0) is 6.54 Å². The normalized spacial score (nSPS) is 19.8. The third-order valence-corrected chi connectivity index (χ3v) is 4.39. The number of aromatic nitrogens is 2. The monoisotopic (exact) mass is 313 g/mol. The zero-order valence-corrected chi connectivity index (χ0v) is 12.9. The van der Waals surface area contributed by atoms with Crippen molar-refractivity contribution < 1.29 is 14.3 Å². The maximum atomic E-state index is 13.0. The van der Waals surface area contributed by atoms with Crippen LogP contribution in [0.5, 0.6) is 11.5 Å². The molecule has 0 saturated carbocycles. The highest BCUT2D eigenvalue weighted by atomic mass is 16.6.